The third-order valence-electron chi connectivity index (χ3n) is 5.87. The summed E-state index contributed by atoms with van der Waals surface area (Å²) in [5.41, 5.74) is 1.19. The van der Waals surface area contributed by atoms with E-state index < -0.39 is 17.7 Å². The maximum atomic E-state index is 13.2. The average Bonchev–Trinajstić information content (AvgIpc) is 3.09. The number of hydrogen-bond acceptors (Lipinski definition) is 7. The van der Waals surface area contributed by atoms with Crippen molar-refractivity contribution in [1.82, 2.24) is 9.80 Å². The zero-order valence-electron chi connectivity index (χ0n) is 19.7. The first-order chi connectivity index (χ1) is 16.4. The summed E-state index contributed by atoms with van der Waals surface area (Å²) in [6.07, 6.45) is 0.692. The standard InChI is InChI=1S/C26H30N2O6/c1-4-32-19-9-6-17(7-10-19)23-22(25(30)26(31)28(23)13-5-12-27(2)3)24(29)18-8-11-20-21(16-18)34-15-14-33-20/h6-11,16,23,29H,4-5,12-15H2,1-3H3/b24-22+. The van der Waals surface area contributed by atoms with Gasteiger partial charge in [0.1, 0.15) is 24.7 Å². The highest BCUT2D eigenvalue weighted by atomic mass is 16.6. The van der Waals surface area contributed by atoms with E-state index in [2.05, 4.69) is 0 Å². The molecule has 2 heterocycles. The maximum Gasteiger partial charge on any atom is 0.295 e. The molecule has 0 aliphatic carbocycles. The molecule has 4 rings (SSSR count). The van der Waals surface area contributed by atoms with Crippen LogP contribution in [0.1, 0.15) is 30.5 Å². The maximum absolute atomic E-state index is 13.2. The van der Waals surface area contributed by atoms with Crippen molar-refractivity contribution in [2.24, 2.45) is 0 Å². The highest BCUT2D eigenvalue weighted by molar-refractivity contribution is 6.46. The van der Waals surface area contributed by atoms with Gasteiger partial charge in [0.15, 0.2) is 11.5 Å². The Balaban J connectivity index is 1.76. The van der Waals surface area contributed by atoms with E-state index in [0.29, 0.717) is 55.6 Å². The molecule has 1 saturated heterocycles. The van der Waals surface area contributed by atoms with Crippen LogP contribution in [0.3, 0.4) is 0 Å². The van der Waals surface area contributed by atoms with Crippen LogP contribution in [-0.2, 0) is 9.59 Å². The molecule has 8 heteroatoms. The summed E-state index contributed by atoms with van der Waals surface area (Å²) in [6.45, 7) is 4.45. The molecule has 0 bridgehead atoms. The lowest BCUT2D eigenvalue weighted by Crippen LogP contribution is -2.32. The van der Waals surface area contributed by atoms with Crippen molar-refractivity contribution >= 4 is 17.4 Å². The van der Waals surface area contributed by atoms with Gasteiger partial charge in [0, 0.05) is 12.1 Å². The first-order valence-electron chi connectivity index (χ1n) is 11.5. The van der Waals surface area contributed by atoms with Crippen LogP contribution < -0.4 is 14.2 Å². The number of Topliss-reactive ketones (excluding diaryl/α,β-unsaturated/α-hetero) is 1. The van der Waals surface area contributed by atoms with E-state index in [1.807, 2.05) is 50.2 Å². The van der Waals surface area contributed by atoms with Crippen LogP contribution in [0.5, 0.6) is 17.2 Å². The van der Waals surface area contributed by atoms with Crippen LogP contribution in [0.25, 0.3) is 5.76 Å². The second-order valence-corrected chi connectivity index (χ2v) is 8.51. The Bertz CT molecular complexity index is 1090. The minimum atomic E-state index is -0.703. The Hall–Kier alpha value is -3.52. The number of amides is 1. The lowest BCUT2D eigenvalue weighted by Gasteiger charge is -2.26. The van der Waals surface area contributed by atoms with Gasteiger partial charge in [-0.3, -0.25) is 9.59 Å². The van der Waals surface area contributed by atoms with E-state index in [1.165, 1.54) is 0 Å². The molecule has 2 aliphatic heterocycles. The largest absolute Gasteiger partial charge is 0.507 e. The molecule has 1 unspecified atom stereocenters. The summed E-state index contributed by atoms with van der Waals surface area (Å²) < 4.78 is 16.7. The quantitative estimate of drug-likeness (QED) is 0.363. The second-order valence-electron chi connectivity index (χ2n) is 8.51. The summed E-state index contributed by atoms with van der Waals surface area (Å²) in [7, 11) is 3.92. The number of fused-ring (bicyclic) bond motifs is 1. The van der Waals surface area contributed by atoms with Gasteiger partial charge in [-0.1, -0.05) is 12.1 Å². The normalized spacial score (nSPS) is 19.1. The first kappa shape index (κ1) is 23.6. The smallest absolute Gasteiger partial charge is 0.295 e. The third kappa shape index (κ3) is 4.72. The van der Waals surface area contributed by atoms with E-state index in [0.717, 1.165) is 12.1 Å². The molecule has 2 aromatic rings. The van der Waals surface area contributed by atoms with Crippen molar-refractivity contribution in [3.63, 3.8) is 0 Å². The number of likely N-dealkylation sites (tertiary alicyclic amines) is 1. The van der Waals surface area contributed by atoms with Crippen LogP contribution in [-0.4, -0.2) is 73.6 Å². The molecule has 0 spiro atoms. The molecule has 0 aromatic heterocycles. The number of carbonyl (C=O) groups excluding carboxylic acids is 2. The summed E-state index contributed by atoms with van der Waals surface area (Å²) >= 11 is 0. The number of benzene rings is 2. The highest BCUT2D eigenvalue weighted by Gasteiger charge is 2.45. The SMILES string of the molecule is CCOc1ccc(C2/C(=C(\O)c3ccc4c(c3)OCCO4)C(=O)C(=O)N2CCCN(C)C)cc1. The Morgan fingerprint density at radius 1 is 1.09 bits per heavy atom. The number of aliphatic hydroxyl groups is 1. The molecule has 1 N–H and O–H groups in total. The highest BCUT2D eigenvalue weighted by Crippen LogP contribution is 2.41. The molecule has 8 nitrogen and oxygen atoms in total. The van der Waals surface area contributed by atoms with Crippen LogP contribution in [0.15, 0.2) is 48.0 Å². The van der Waals surface area contributed by atoms with Gasteiger partial charge in [-0.25, -0.2) is 0 Å². The molecule has 34 heavy (non-hydrogen) atoms. The van der Waals surface area contributed by atoms with E-state index in [1.54, 1.807) is 23.1 Å². The summed E-state index contributed by atoms with van der Waals surface area (Å²) in [4.78, 5) is 29.8. The molecule has 1 fully saturated rings. The van der Waals surface area contributed by atoms with Gasteiger partial charge in [-0.15, -0.1) is 0 Å². The van der Waals surface area contributed by atoms with Crippen LogP contribution in [0.2, 0.25) is 0 Å². The molecule has 180 valence electrons. The molecular formula is C26H30N2O6. The number of ketones is 1. The number of nitrogens with zero attached hydrogens (tertiary/aromatic N) is 2. The number of hydrogen-bond donors (Lipinski definition) is 1. The van der Waals surface area contributed by atoms with Crippen LogP contribution in [0, 0.1) is 0 Å². The van der Waals surface area contributed by atoms with E-state index in [9.17, 15) is 14.7 Å². The molecule has 0 saturated carbocycles. The molecule has 1 atom stereocenters. The second kappa shape index (κ2) is 10.2. The van der Waals surface area contributed by atoms with E-state index in [4.69, 9.17) is 14.2 Å². The van der Waals surface area contributed by atoms with Gasteiger partial charge in [0.2, 0.25) is 0 Å². The Morgan fingerprint density at radius 2 is 1.79 bits per heavy atom. The first-order valence-corrected chi connectivity index (χ1v) is 11.5. The number of carbonyl (C=O) groups is 2. The van der Waals surface area contributed by atoms with Crippen molar-refractivity contribution in [2.45, 2.75) is 19.4 Å². The average molecular weight is 467 g/mol. The van der Waals surface area contributed by atoms with Gasteiger partial charge in [-0.2, -0.15) is 0 Å². The van der Waals surface area contributed by atoms with Gasteiger partial charge in [-0.05, 0) is 69.9 Å². The van der Waals surface area contributed by atoms with Gasteiger partial charge >= 0.3 is 0 Å². The number of aliphatic hydroxyl groups excluding tert-OH is 1. The molecule has 1 amide bonds. The summed E-state index contributed by atoms with van der Waals surface area (Å²) in [5.74, 6) is 0.225. The van der Waals surface area contributed by atoms with Crippen LogP contribution >= 0.6 is 0 Å². The van der Waals surface area contributed by atoms with Gasteiger partial charge in [0.25, 0.3) is 11.7 Å². The monoisotopic (exact) mass is 466 g/mol. The van der Waals surface area contributed by atoms with Gasteiger partial charge < -0.3 is 29.1 Å². The number of rotatable bonds is 8. The Labute approximate surface area is 199 Å². The lowest BCUT2D eigenvalue weighted by molar-refractivity contribution is -0.139. The van der Waals surface area contributed by atoms with Crippen molar-refractivity contribution in [1.29, 1.82) is 0 Å². The fourth-order valence-corrected chi connectivity index (χ4v) is 4.27. The Morgan fingerprint density at radius 3 is 2.47 bits per heavy atom. The Kier molecular flexibility index (Phi) is 7.07. The van der Waals surface area contributed by atoms with Crippen LogP contribution in [0.4, 0.5) is 0 Å². The lowest BCUT2D eigenvalue weighted by atomic mass is 9.95. The fraction of sp³-hybridized carbons (Fsp3) is 0.385. The van der Waals surface area contributed by atoms with Crippen molar-refractivity contribution in [3.8, 4) is 17.2 Å². The van der Waals surface area contributed by atoms with Gasteiger partial charge in [0.05, 0.1) is 18.2 Å². The topological polar surface area (TPSA) is 88.5 Å². The predicted molar refractivity (Wildman–Crippen MR) is 127 cm³/mol. The van der Waals surface area contributed by atoms with Crippen molar-refractivity contribution < 1.29 is 28.9 Å². The zero-order chi connectivity index (χ0) is 24.2. The van der Waals surface area contributed by atoms with Crippen molar-refractivity contribution in [3.05, 3.63) is 59.2 Å². The summed E-state index contributed by atoms with van der Waals surface area (Å²) in [6, 6.07) is 11.6. The van der Waals surface area contributed by atoms with E-state index >= 15 is 0 Å². The van der Waals surface area contributed by atoms with E-state index in [-0.39, 0.29) is 11.3 Å². The molecule has 2 aliphatic rings. The summed E-state index contributed by atoms with van der Waals surface area (Å²) in [5, 5.41) is 11.3. The number of ether oxygens (including phenoxy) is 3. The minimum absolute atomic E-state index is 0.0655. The van der Waals surface area contributed by atoms with Crippen molar-refractivity contribution in [2.75, 3.05) is 47.0 Å². The minimum Gasteiger partial charge on any atom is -0.507 e. The predicted octanol–water partition coefficient (Wildman–Crippen LogP) is 3.23. The molecule has 2 aromatic carbocycles. The fourth-order valence-electron chi connectivity index (χ4n) is 4.27. The zero-order valence-corrected chi connectivity index (χ0v) is 19.7. The molecular weight excluding hydrogens is 436 g/mol. The third-order valence-corrected chi connectivity index (χ3v) is 5.87. The molecule has 0 radical (unpaired) electrons.